The summed E-state index contributed by atoms with van der Waals surface area (Å²) in [6.07, 6.45) is 3.93. The van der Waals surface area contributed by atoms with Crippen LogP contribution in [0.4, 0.5) is 0 Å². The third-order valence-corrected chi connectivity index (χ3v) is 3.00. The minimum Gasteiger partial charge on any atom is -0.493 e. The van der Waals surface area contributed by atoms with Crippen LogP contribution in [-0.4, -0.2) is 23.4 Å². The third kappa shape index (κ3) is 5.52. The minimum absolute atomic E-state index is 0.0146. The quantitative estimate of drug-likeness (QED) is 0.726. The number of aliphatic hydroxyl groups is 2. The molecule has 0 saturated heterocycles. The average Bonchev–Trinajstić information content (AvgIpc) is 2.35. The largest absolute Gasteiger partial charge is 0.493 e. The fraction of sp³-hybridized carbons (Fsp3) is 0.538. The van der Waals surface area contributed by atoms with Crippen LogP contribution in [0.15, 0.2) is 22.7 Å². The number of aliphatic hydroxyl groups excluding tert-OH is 2. The molecule has 3 nitrogen and oxygen atoms in total. The van der Waals surface area contributed by atoms with Crippen LogP contribution in [0.2, 0.25) is 0 Å². The van der Waals surface area contributed by atoms with Crippen molar-refractivity contribution in [2.24, 2.45) is 0 Å². The van der Waals surface area contributed by atoms with Crippen LogP contribution >= 0.6 is 15.9 Å². The molecule has 0 amide bonds. The molecule has 0 aliphatic carbocycles. The first kappa shape index (κ1) is 14.5. The molecule has 0 saturated carbocycles. The van der Waals surface area contributed by atoms with Gasteiger partial charge in [-0.15, -0.1) is 0 Å². The van der Waals surface area contributed by atoms with Crippen LogP contribution in [0.1, 0.15) is 31.2 Å². The van der Waals surface area contributed by atoms with E-state index in [1.807, 2.05) is 18.2 Å². The third-order valence-electron chi connectivity index (χ3n) is 2.50. The monoisotopic (exact) mass is 302 g/mol. The van der Waals surface area contributed by atoms with Gasteiger partial charge in [-0.2, -0.15) is 0 Å². The van der Waals surface area contributed by atoms with Gasteiger partial charge in [0.2, 0.25) is 0 Å². The van der Waals surface area contributed by atoms with Crippen molar-refractivity contribution >= 4 is 15.9 Å². The van der Waals surface area contributed by atoms with Gasteiger partial charge in [0.25, 0.3) is 0 Å². The Hall–Kier alpha value is -0.580. The number of benzene rings is 1. The molecule has 1 rings (SSSR count). The SMILES string of the molecule is OCCCCCCOc1ccc(Br)cc1CO. The van der Waals surface area contributed by atoms with Crippen LogP contribution in [-0.2, 0) is 6.61 Å². The average molecular weight is 303 g/mol. The van der Waals surface area contributed by atoms with Crippen molar-refractivity contribution in [1.29, 1.82) is 0 Å². The molecule has 17 heavy (non-hydrogen) atoms. The molecule has 0 aromatic heterocycles. The van der Waals surface area contributed by atoms with E-state index in [1.54, 1.807) is 0 Å². The van der Waals surface area contributed by atoms with Crippen molar-refractivity contribution in [3.63, 3.8) is 0 Å². The highest BCUT2D eigenvalue weighted by Gasteiger charge is 2.03. The highest BCUT2D eigenvalue weighted by atomic mass is 79.9. The summed E-state index contributed by atoms with van der Waals surface area (Å²) in [4.78, 5) is 0. The Labute approximate surface area is 111 Å². The van der Waals surface area contributed by atoms with Gasteiger partial charge in [-0.3, -0.25) is 0 Å². The highest BCUT2D eigenvalue weighted by molar-refractivity contribution is 9.10. The van der Waals surface area contributed by atoms with Crippen LogP contribution in [0.5, 0.6) is 5.75 Å². The Morgan fingerprint density at radius 3 is 2.53 bits per heavy atom. The fourth-order valence-electron chi connectivity index (χ4n) is 1.56. The van der Waals surface area contributed by atoms with Gasteiger partial charge in [-0.05, 0) is 37.5 Å². The van der Waals surface area contributed by atoms with E-state index in [0.717, 1.165) is 41.5 Å². The van der Waals surface area contributed by atoms with Gasteiger partial charge in [-0.1, -0.05) is 22.4 Å². The number of halogens is 1. The Morgan fingerprint density at radius 1 is 1.06 bits per heavy atom. The smallest absolute Gasteiger partial charge is 0.124 e. The summed E-state index contributed by atoms with van der Waals surface area (Å²) in [7, 11) is 0. The first-order valence-corrected chi connectivity index (χ1v) is 6.70. The van der Waals surface area contributed by atoms with Crippen molar-refractivity contribution in [2.45, 2.75) is 32.3 Å². The molecule has 4 heteroatoms. The maximum atomic E-state index is 9.19. The first-order chi connectivity index (χ1) is 8.27. The van der Waals surface area contributed by atoms with Crippen LogP contribution < -0.4 is 4.74 Å². The highest BCUT2D eigenvalue weighted by Crippen LogP contribution is 2.23. The van der Waals surface area contributed by atoms with Crippen molar-refractivity contribution < 1.29 is 14.9 Å². The van der Waals surface area contributed by atoms with E-state index < -0.39 is 0 Å². The second-order valence-corrected chi connectivity index (χ2v) is 4.81. The van der Waals surface area contributed by atoms with Crippen LogP contribution in [0.3, 0.4) is 0 Å². The Balaban J connectivity index is 2.31. The molecule has 0 fully saturated rings. The molecule has 1 aromatic carbocycles. The zero-order valence-electron chi connectivity index (χ0n) is 9.86. The molecule has 1 aromatic rings. The zero-order chi connectivity index (χ0) is 12.5. The van der Waals surface area contributed by atoms with Gasteiger partial charge < -0.3 is 14.9 Å². The van der Waals surface area contributed by atoms with Crippen molar-refractivity contribution in [3.8, 4) is 5.75 Å². The predicted molar refractivity (Wildman–Crippen MR) is 71.1 cm³/mol. The van der Waals surface area contributed by atoms with E-state index in [-0.39, 0.29) is 13.2 Å². The van der Waals surface area contributed by atoms with Gasteiger partial charge in [0.15, 0.2) is 0 Å². The number of rotatable bonds is 8. The van der Waals surface area contributed by atoms with Crippen molar-refractivity contribution in [1.82, 2.24) is 0 Å². The maximum absolute atomic E-state index is 9.19. The van der Waals surface area contributed by atoms with Gasteiger partial charge in [0, 0.05) is 16.6 Å². The second-order valence-electron chi connectivity index (χ2n) is 3.90. The summed E-state index contributed by atoms with van der Waals surface area (Å²) in [5.74, 6) is 0.748. The van der Waals surface area contributed by atoms with E-state index in [1.165, 1.54) is 0 Å². The molecule has 96 valence electrons. The van der Waals surface area contributed by atoms with Gasteiger partial charge in [0.05, 0.1) is 13.2 Å². The van der Waals surface area contributed by atoms with E-state index in [4.69, 9.17) is 9.84 Å². The lowest BCUT2D eigenvalue weighted by atomic mass is 10.2. The molecular weight excluding hydrogens is 284 g/mol. The Morgan fingerprint density at radius 2 is 1.82 bits per heavy atom. The normalized spacial score (nSPS) is 10.5. The summed E-state index contributed by atoms with van der Waals surface area (Å²) >= 11 is 3.36. The lowest BCUT2D eigenvalue weighted by Crippen LogP contribution is -2.00. The summed E-state index contributed by atoms with van der Waals surface area (Å²) < 4.78 is 6.56. The summed E-state index contributed by atoms with van der Waals surface area (Å²) in [6, 6.07) is 5.63. The molecule has 0 aliphatic rings. The van der Waals surface area contributed by atoms with Crippen LogP contribution in [0.25, 0.3) is 0 Å². The van der Waals surface area contributed by atoms with Crippen molar-refractivity contribution in [3.05, 3.63) is 28.2 Å². The standard InChI is InChI=1S/C13H19BrO3/c14-12-5-6-13(11(9-12)10-16)17-8-4-2-1-3-7-15/h5-6,9,15-16H,1-4,7-8,10H2. The molecule has 0 spiro atoms. The van der Waals surface area contributed by atoms with Gasteiger partial charge >= 0.3 is 0 Å². The van der Waals surface area contributed by atoms with E-state index in [0.29, 0.717) is 6.61 Å². The summed E-state index contributed by atoms with van der Waals surface area (Å²) in [6.45, 7) is 0.904. The predicted octanol–water partition coefficient (Wildman–Crippen LogP) is 2.87. The number of hydrogen-bond acceptors (Lipinski definition) is 3. The molecule has 0 radical (unpaired) electrons. The van der Waals surface area contributed by atoms with Gasteiger partial charge in [0.1, 0.15) is 5.75 Å². The topological polar surface area (TPSA) is 49.7 Å². The lowest BCUT2D eigenvalue weighted by molar-refractivity contribution is 0.256. The minimum atomic E-state index is -0.0146. The van der Waals surface area contributed by atoms with Crippen LogP contribution in [0, 0.1) is 0 Å². The van der Waals surface area contributed by atoms with E-state index in [9.17, 15) is 5.11 Å². The molecule has 0 bridgehead atoms. The second kappa shape index (κ2) is 8.50. The lowest BCUT2D eigenvalue weighted by Gasteiger charge is -2.10. The molecule has 0 atom stereocenters. The molecule has 0 unspecified atom stereocenters. The summed E-state index contributed by atoms with van der Waals surface area (Å²) in [5.41, 5.74) is 0.801. The number of unbranched alkanes of at least 4 members (excludes halogenated alkanes) is 3. The zero-order valence-corrected chi connectivity index (χ0v) is 11.4. The van der Waals surface area contributed by atoms with Gasteiger partial charge in [-0.25, -0.2) is 0 Å². The maximum Gasteiger partial charge on any atom is 0.124 e. The van der Waals surface area contributed by atoms with E-state index >= 15 is 0 Å². The van der Waals surface area contributed by atoms with Crippen molar-refractivity contribution in [2.75, 3.05) is 13.2 Å². The van der Waals surface area contributed by atoms with E-state index in [2.05, 4.69) is 15.9 Å². The molecular formula is C13H19BrO3. The molecule has 2 N–H and O–H groups in total. The Kier molecular flexibility index (Phi) is 7.24. The summed E-state index contributed by atoms with van der Waals surface area (Å²) in [5, 5.41) is 17.8. The number of ether oxygens (including phenoxy) is 1. The molecule has 0 aliphatic heterocycles. The fourth-order valence-corrected chi connectivity index (χ4v) is 1.97. The molecule has 0 heterocycles. The first-order valence-electron chi connectivity index (χ1n) is 5.91. The Bertz CT molecular complexity index is 328. The number of hydrogen-bond donors (Lipinski definition) is 2.